The summed E-state index contributed by atoms with van der Waals surface area (Å²) in [6, 6.07) is 16.6. The number of imidazole rings is 1. The van der Waals surface area contributed by atoms with E-state index in [0.717, 1.165) is 0 Å². The van der Waals surface area contributed by atoms with Crippen molar-refractivity contribution in [3.63, 3.8) is 0 Å². The minimum Gasteiger partial charge on any atom is -0.495 e. The van der Waals surface area contributed by atoms with Gasteiger partial charge < -0.3 is 15.2 Å². The van der Waals surface area contributed by atoms with E-state index in [2.05, 4.69) is 10.3 Å². The lowest BCUT2D eigenvalue weighted by atomic mass is 10.1. The zero-order valence-corrected chi connectivity index (χ0v) is 18.0. The van der Waals surface area contributed by atoms with Crippen molar-refractivity contribution in [1.29, 1.82) is 0 Å². The lowest BCUT2D eigenvalue weighted by molar-refractivity contribution is -0.115. The molecule has 0 bridgehead atoms. The van der Waals surface area contributed by atoms with Crippen molar-refractivity contribution >= 4 is 28.9 Å². The Bertz CT molecular complexity index is 1390. The van der Waals surface area contributed by atoms with Crippen molar-refractivity contribution in [3.05, 3.63) is 83.8 Å². The molecule has 166 valence electrons. The summed E-state index contributed by atoms with van der Waals surface area (Å²) in [5, 5.41) is 12.1. The number of amides is 1. The number of carboxylic acids is 1. The molecule has 0 aliphatic rings. The third-order valence-electron chi connectivity index (χ3n) is 5.19. The first kappa shape index (κ1) is 21.8. The summed E-state index contributed by atoms with van der Waals surface area (Å²) in [6.07, 6.45) is 2.04. The lowest BCUT2D eigenvalue weighted by Crippen LogP contribution is -2.12. The van der Waals surface area contributed by atoms with Crippen LogP contribution in [0, 0.1) is 0 Å². The molecule has 2 heterocycles. The van der Waals surface area contributed by atoms with Crippen LogP contribution in [-0.2, 0) is 4.79 Å². The number of rotatable bonds is 7. The summed E-state index contributed by atoms with van der Waals surface area (Å²) in [5.74, 6) is -1.02. The Balaban J connectivity index is 1.80. The Morgan fingerprint density at radius 3 is 2.58 bits per heavy atom. The number of aromatic carboxylic acids is 1. The molecule has 0 radical (unpaired) electrons. The number of hydrogen-bond acceptors (Lipinski definition) is 5. The summed E-state index contributed by atoms with van der Waals surface area (Å²) in [4.78, 5) is 41.2. The van der Waals surface area contributed by atoms with E-state index in [9.17, 15) is 19.5 Å². The molecule has 4 aromatic rings. The minimum absolute atomic E-state index is 0.131. The van der Waals surface area contributed by atoms with Crippen LogP contribution in [0.4, 0.5) is 5.69 Å². The van der Waals surface area contributed by atoms with E-state index >= 15 is 0 Å². The molecule has 1 amide bonds. The van der Waals surface area contributed by atoms with E-state index in [1.165, 1.54) is 19.2 Å². The van der Waals surface area contributed by atoms with Gasteiger partial charge in [0.1, 0.15) is 5.75 Å². The quantitative estimate of drug-likeness (QED) is 0.413. The van der Waals surface area contributed by atoms with Gasteiger partial charge in [-0.15, -0.1) is 0 Å². The number of ether oxygens (including phenoxy) is 1. The number of pyridine rings is 1. The van der Waals surface area contributed by atoms with Crippen LogP contribution in [0.1, 0.15) is 39.9 Å². The first-order valence-corrected chi connectivity index (χ1v) is 10.3. The smallest absolute Gasteiger partial charge is 0.335 e. The van der Waals surface area contributed by atoms with E-state index in [4.69, 9.17) is 4.74 Å². The van der Waals surface area contributed by atoms with Gasteiger partial charge in [0.15, 0.2) is 5.82 Å². The number of benzene rings is 2. The molecule has 0 fully saturated rings. The number of carbonyl (C=O) groups excluding carboxylic acids is 2. The molecule has 8 heteroatoms. The van der Waals surface area contributed by atoms with Crippen molar-refractivity contribution in [2.24, 2.45) is 0 Å². The van der Waals surface area contributed by atoms with E-state index in [0.29, 0.717) is 40.2 Å². The van der Waals surface area contributed by atoms with Crippen LogP contribution in [0.25, 0.3) is 16.8 Å². The van der Waals surface area contributed by atoms with Crippen molar-refractivity contribution in [3.8, 4) is 17.0 Å². The highest BCUT2D eigenvalue weighted by molar-refractivity contribution is 6.09. The molecule has 0 saturated carbocycles. The van der Waals surface area contributed by atoms with E-state index in [1.807, 2.05) is 12.1 Å². The summed E-state index contributed by atoms with van der Waals surface area (Å²) < 4.78 is 7.04. The van der Waals surface area contributed by atoms with Gasteiger partial charge in [-0.1, -0.05) is 25.1 Å². The SMILES string of the molecule is CCC(=O)Nc1ccc(C(=O)c2nc(-c3cccc(C(=O)O)c3)c3ccccn23)cc1OC. The van der Waals surface area contributed by atoms with Gasteiger partial charge in [0.05, 0.1) is 29.6 Å². The average molecular weight is 443 g/mol. The fourth-order valence-corrected chi connectivity index (χ4v) is 3.51. The summed E-state index contributed by atoms with van der Waals surface area (Å²) >= 11 is 0. The normalized spacial score (nSPS) is 10.7. The highest BCUT2D eigenvalue weighted by Gasteiger charge is 2.21. The summed E-state index contributed by atoms with van der Waals surface area (Å²) in [7, 11) is 1.46. The maximum Gasteiger partial charge on any atom is 0.335 e. The number of aromatic nitrogens is 2. The molecular formula is C25H21N3O5. The van der Waals surface area contributed by atoms with E-state index in [1.54, 1.807) is 53.9 Å². The van der Waals surface area contributed by atoms with Gasteiger partial charge in [-0.3, -0.25) is 14.0 Å². The van der Waals surface area contributed by atoms with Crippen LogP contribution < -0.4 is 10.1 Å². The zero-order chi connectivity index (χ0) is 23.5. The molecule has 2 aromatic carbocycles. The van der Waals surface area contributed by atoms with Crippen LogP contribution in [0.5, 0.6) is 5.75 Å². The number of carbonyl (C=O) groups is 3. The third kappa shape index (κ3) is 4.18. The van der Waals surface area contributed by atoms with E-state index < -0.39 is 5.97 Å². The largest absolute Gasteiger partial charge is 0.495 e. The number of fused-ring (bicyclic) bond motifs is 1. The monoisotopic (exact) mass is 443 g/mol. The second-order valence-corrected chi connectivity index (χ2v) is 7.27. The van der Waals surface area contributed by atoms with E-state index in [-0.39, 0.29) is 23.1 Å². The molecule has 0 saturated heterocycles. The topological polar surface area (TPSA) is 110 Å². The number of hydrogen-bond donors (Lipinski definition) is 2. The van der Waals surface area contributed by atoms with Crippen LogP contribution >= 0.6 is 0 Å². The molecular weight excluding hydrogens is 422 g/mol. The van der Waals surface area contributed by atoms with Crippen LogP contribution in [0.2, 0.25) is 0 Å². The Labute approximate surface area is 189 Å². The van der Waals surface area contributed by atoms with Gasteiger partial charge >= 0.3 is 5.97 Å². The molecule has 0 aliphatic heterocycles. The predicted octanol–water partition coefficient (Wildman–Crippen LogP) is 4.29. The number of nitrogens with one attached hydrogen (secondary N) is 1. The molecule has 0 unspecified atom stereocenters. The minimum atomic E-state index is -1.04. The highest BCUT2D eigenvalue weighted by atomic mass is 16.5. The van der Waals surface area contributed by atoms with Crippen LogP contribution in [0.3, 0.4) is 0 Å². The summed E-state index contributed by atoms with van der Waals surface area (Å²) in [5.41, 5.74) is 2.70. The lowest BCUT2D eigenvalue weighted by Gasteiger charge is -2.11. The van der Waals surface area contributed by atoms with Gasteiger partial charge in [-0.2, -0.15) is 0 Å². The molecule has 0 aliphatic carbocycles. The number of methoxy groups -OCH3 is 1. The van der Waals surface area contributed by atoms with Crippen molar-refractivity contribution in [2.75, 3.05) is 12.4 Å². The Kier molecular flexibility index (Phi) is 5.91. The van der Waals surface area contributed by atoms with Crippen molar-refractivity contribution in [2.45, 2.75) is 13.3 Å². The third-order valence-corrected chi connectivity index (χ3v) is 5.19. The second kappa shape index (κ2) is 8.96. The molecule has 2 aromatic heterocycles. The molecule has 2 N–H and O–H groups in total. The van der Waals surface area contributed by atoms with Crippen LogP contribution in [0.15, 0.2) is 66.9 Å². The first-order chi connectivity index (χ1) is 15.9. The standard InChI is InChI=1S/C25H21N3O5/c1-3-21(29)26-18-11-10-16(14-20(18)33-2)23(30)24-27-22(19-9-4-5-12-28(19)24)15-7-6-8-17(13-15)25(31)32/h4-14H,3H2,1-2H3,(H,26,29)(H,31,32). The van der Waals surface area contributed by atoms with Crippen LogP contribution in [-0.4, -0.2) is 39.3 Å². The number of ketones is 1. The Hall–Kier alpha value is -4.46. The fraction of sp³-hybridized carbons (Fsp3) is 0.120. The van der Waals surface area contributed by atoms with Gasteiger partial charge in [0, 0.05) is 23.7 Å². The molecule has 0 atom stereocenters. The maximum absolute atomic E-state index is 13.4. The zero-order valence-electron chi connectivity index (χ0n) is 18.0. The average Bonchev–Trinajstić information content (AvgIpc) is 3.23. The predicted molar refractivity (Wildman–Crippen MR) is 123 cm³/mol. The van der Waals surface area contributed by atoms with Gasteiger partial charge in [0.2, 0.25) is 11.7 Å². The molecule has 33 heavy (non-hydrogen) atoms. The van der Waals surface area contributed by atoms with Crippen molar-refractivity contribution in [1.82, 2.24) is 9.38 Å². The second-order valence-electron chi connectivity index (χ2n) is 7.27. The van der Waals surface area contributed by atoms with Gasteiger partial charge in [-0.25, -0.2) is 9.78 Å². The molecule has 4 rings (SSSR count). The molecule has 8 nitrogen and oxygen atoms in total. The number of carboxylic acid groups (broad SMARTS) is 1. The first-order valence-electron chi connectivity index (χ1n) is 10.3. The van der Waals surface area contributed by atoms with Crippen molar-refractivity contribution < 1.29 is 24.2 Å². The highest BCUT2D eigenvalue weighted by Crippen LogP contribution is 2.29. The molecule has 0 spiro atoms. The summed E-state index contributed by atoms with van der Waals surface area (Å²) in [6.45, 7) is 1.74. The Morgan fingerprint density at radius 2 is 1.85 bits per heavy atom. The number of anilines is 1. The van der Waals surface area contributed by atoms with Gasteiger partial charge in [-0.05, 0) is 42.5 Å². The fourth-order valence-electron chi connectivity index (χ4n) is 3.51. The number of nitrogens with zero attached hydrogens (tertiary/aromatic N) is 2. The Morgan fingerprint density at radius 1 is 1.03 bits per heavy atom. The maximum atomic E-state index is 13.4. The van der Waals surface area contributed by atoms with Gasteiger partial charge in [0.25, 0.3) is 0 Å².